The summed E-state index contributed by atoms with van der Waals surface area (Å²) in [5.74, 6) is -1.25. The Morgan fingerprint density at radius 2 is 2.05 bits per heavy atom. The van der Waals surface area contributed by atoms with Crippen LogP contribution in [0.15, 0.2) is 30.5 Å². The van der Waals surface area contributed by atoms with Crippen LogP contribution in [0.2, 0.25) is 0 Å². The maximum atomic E-state index is 11.9. The topological polar surface area (TPSA) is 82.2 Å². The molecule has 0 atom stereocenters. The van der Waals surface area contributed by atoms with Gasteiger partial charge < -0.3 is 15.4 Å². The minimum absolute atomic E-state index is 0.110. The Bertz CT molecular complexity index is 674. The molecule has 0 unspecified atom stereocenters. The zero-order valence-electron chi connectivity index (χ0n) is 12.1. The molecule has 110 valence electrons. The molecule has 21 heavy (non-hydrogen) atoms. The van der Waals surface area contributed by atoms with Crippen LogP contribution in [0.3, 0.4) is 0 Å². The van der Waals surface area contributed by atoms with Crippen LogP contribution >= 0.6 is 0 Å². The molecule has 0 bridgehead atoms. The van der Waals surface area contributed by atoms with Crippen LogP contribution in [0.4, 0.5) is 5.69 Å². The summed E-state index contributed by atoms with van der Waals surface area (Å²) >= 11 is 0. The van der Waals surface area contributed by atoms with E-state index in [2.05, 4.69) is 10.3 Å². The molecule has 0 saturated heterocycles. The van der Waals surface area contributed by atoms with Gasteiger partial charge in [0.25, 0.3) is 0 Å². The second kappa shape index (κ2) is 6.26. The first-order valence-electron chi connectivity index (χ1n) is 6.74. The molecule has 1 aromatic heterocycles. The summed E-state index contributed by atoms with van der Waals surface area (Å²) in [6, 6.07) is 7.98. The highest BCUT2D eigenvalue weighted by Gasteiger charge is 2.16. The molecule has 1 heterocycles. The van der Waals surface area contributed by atoms with E-state index >= 15 is 0 Å². The van der Waals surface area contributed by atoms with E-state index in [-0.39, 0.29) is 11.5 Å². The van der Waals surface area contributed by atoms with Gasteiger partial charge in [-0.05, 0) is 25.8 Å². The fourth-order valence-corrected chi connectivity index (χ4v) is 2.24. The number of carboxylic acids is 1. The van der Waals surface area contributed by atoms with E-state index in [1.165, 1.54) is 6.20 Å². The van der Waals surface area contributed by atoms with Crippen molar-refractivity contribution in [3.05, 3.63) is 52.8 Å². The van der Waals surface area contributed by atoms with Gasteiger partial charge in [-0.25, -0.2) is 4.79 Å². The number of aryl methyl sites for hydroxylation is 3. The van der Waals surface area contributed by atoms with Crippen LogP contribution in [0.1, 0.15) is 33.6 Å². The van der Waals surface area contributed by atoms with Crippen LogP contribution in [0.5, 0.6) is 0 Å². The second-order valence-corrected chi connectivity index (χ2v) is 5.04. The molecule has 0 aliphatic carbocycles. The predicted molar refractivity (Wildman–Crippen MR) is 80.6 cm³/mol. The number of aromatic amines is 1. The number of nitrogens with one attached hydrogen (secondary N) is 2. The zero-order chi connectivity index (χ0) is 15.4. The van der Waals surface area contributed by atoms with Gasteiger partial charge in [0.2, 0.25) is 5.91 Å². The number of aromatic nitrogens is 1. The van der Waals surface area contributed by atoms with Gasteiger partial charge in [0.1, 0.15) is 5.56 Å². The van der Waals surface area contributed by atoms with Gasteiger partial charge in [-0.15, -0.1) is 0 Å². The number of hydrogen-bond donors (Lipinski definition) is 3. The Kier molecular flexibility index (Phi) is 4.42. The van der Waals surface area contributed by atoms with Crippen molar-refractivity contribution < 1.29 is 14.7 Å². The minimum atomic E-state index is -1.05. The quantitative estimate of drug-likeness (QED) is 0.790. The van der Waals surface area contributed by atoms with Gasteiger partial charge >= 0.3 is 5.97 Å². The number of carbonyl (C=O) groups excluding carboxylic acids is 1. The van der Waals surface area contributed by atoms with Gasteiger partial charge in [-0.1, -0.05) is 29.8 Å². The largest absolute Gasteiger partial charge is 0.478 e. The van der Waals surface area contributed by atoms with Gasteiger partial charge in [-0.2, -0.15) is 0 Å². The first kappa shape index (κ1) is 14.8. The molecular formula is C16H18N2O3. The van der Waals surface area contributed by atoms with Gasteiger partial charge in [0.05, 0.1) is 5.69 Å². The summed E-state index contributed by atoms with van der Waals surface area (Å²) in [6.45, 7) is 3.66. The third-order valence-corrected chi connectivity index (χ3v) is 3.29. The smallest absolute Gasteiger partial charge is 0.339 e. The van der Waals surface area contributed by atoms with Crippen LogP contribution in [-0.4, -0.2) is 22.0 Å². The van der Waals surface area contributed by atoms with Crippen molar-refractivity contribution in [2.75, 3.05) is 5.32 Å². The number of amides is 1. The number of aromatic carboxylic acids is 1. The number of hydrogen-bond acceptors (Lipinski definition) is 2. The summed E-state index contributed by atoms with van der Waals surface area (Å²) in [6.07, 6.45) is 2.44. The van der Waals surface area contributed by atoms with Crippen molar-refractivity contribution in [1.29, 1.82) is 0 Å². The number of benzene rings is 1. The number of carbonyl (C=O) groups is 2. The Morgan fingerprint density at radius 3 is 2.71 bits per heavy atom. The molecule has 1 amide bonds. The van der Waals surface area contributed by atoms with E-state index in [4.69, 9.17) is 5.11 Å². The van der Waals surface area contributed by atoms with E-state index in [0.29, 0.717) is 24.2 Å². The predicted octanol–water partition coefficient (Wildman–Crippen LogP) is 2.90. The second-order valence-electron chi connectivity index (χ2n) is 5.04. The number of anilines is 1. The van der Waals surface area contributed by atoms with Gasteiger partial charge in [-0.3, -0.25) is 4.79 Å². The van der Waals surface area contributed by atoms with Crippen molar-refractivity contribution in [1.82, 2.24) is 4.98 Å². The summed E-state index contributed by atoms with van der Waals surface area (Å²) in [5, 5.41) is 11.8. The fourth-order valence-electron chi connectivity index (χ4n) is 2.24. The molecule has 0 radical (unpaired) electrons. The third-order valence-electron chi connectivity index (χ3n) is 3.29. The lowest BCUT2D eigenvalue weighted by Crippen LogP contribution is -2.14. The fraction of sp³-hybridized carbons (Fsp3) is 0.250. The molecule has 5 nitrogen and oxygen atoms in total. The van der Waals surface area contributed by atoms with Crippen molar-refractivity contribution >= 4 is 17.6 Å². The highest BCUT2D eigenvalue weighted by Crippen LogP contribution is 2.19. The van der Waals surface area contributed by atoms with Crippen molar-refractivity contribution in [3.8, 4) is 0 Å². The lowest BCUT2D eigenvalue weighted by atomic mass is 10.1. The maximum absolute atomic E-state index is 11.9. The van der Waals surface area contributed by atoms with Gasteiger partial charge in [0.15, 0.2) is 0 Å². The number of rotatable bonds is 5. The molecule has 0 fully saturated rings. The summed E-state index contributed by atoms with van der Waals surface area (Å²) in [4.78, 5) is 25.9. The van der Waals surface area contributed by atoms with Crippen molar-refractivity contribution in [3.63, 3.8) is 0 Å². The number of H-pyrrole nitrogens is 1. The Morgan fingerprint density at radius 1 is 1.29 bits per heavy atom. The Hall–Kier alpha value is -2.56. The number of carboxylic acid groups (broad SMARTS) is 1. The van der Waals surface area contributed by atoms with Crippen LogP contribution < -0.4 is 5.32 Å². The molecule has 2 rings (SSSR count). The first-order chi connectivity index (χ1) is 9.97. The summed E-state index contributed by atoms with van der Waals surface area (Å²) in [5.41, 5.74) is 3.20. The highest BCUT2D eigenvalue weighted by molar-refractivity contribution is 6.01. The zero-order valence-corrected chi connectivity index (χ0v) is 12.1. The molecule has 0 spiro atoms. The lowest BCUT2D eigenvalue weighted by molar-refractivity contribution is -0.116. The highest BCUT2D eigenvalue weighted by atomic mass is 16.4. The SMILES string of the molecule is Cc1cccc(CCC(=O)Nc2c[nH]c(C)c2C(=O)O)c1. The normalized spacial score (nSPS) is 10.4. The molecule has 5 heteroatoms. The average Bonchev–Trinajstić information content (AvgIpc) is 2.77. The molecule has 0 aliphatic heterocycles. The standard InChI is InChI=1S/C16H18N2O3/c1-10-4-3-5-12(8-10)6-7-14(19)18-13-9-17-11(2)15(13)16(20)21/h3-5,8-9,17H,6-7H2,1-2H3,(H,18,19)(H,20,21). The van der Waals surface area contributed by atoms with Crippen LogP contribution in [0, 0.1) is 13.8 Å². The molecule has 0 aliphatic rings. The molecule has 2 aromatic rings. The summed E-state index contributed by atoms with van der Waals surface area (Å²) < 4.78 is 0. The lowest BCUT2D eigenvalue weighted by Gasteiger charge is -2.05. The average molecular weight is 286 g/mol. The Balaban J connectivity index is 1.98. The van der Waals surface area contributed by atoms with Gasteiger partial charge in [0, 0.05) is 18.3 Å². The van der Waals surface area contributed by atoms with E-state index in [0.717, 1.165) is 11.1 Å². The first-order valence-corrected chi connectivity index (χ1v) is 6.74. The van der Waals surface area contributed by atoms with Crippen LogP contribution in [0.25, 0.3) is 0 Å². The molecule has 1 aromatic carbocycles. The maximum Gasteiger partial charge on any atom is 0.339 e. The van der Waals surface area contributed by atoms with Crippen LogP contribution in [-0.2, 0) is 11.2 Å². The molecule has 0 saturated carbocycles. The molecule has 3 N–H and O–H groups in total. The monoisotopic (exact) mass is 286 g/mol. The van der Waals surface area contributed by atoms with E-state index in [1.54, 1.807) is 6.92 Å². The summed E-state index contributed by atoms with van der Waals surface area (Å²) in [7, 11) is 0. The minimum Gasteiger partial charge on any atom is -0.478 e. The van der Waals surface area contributed by atoms with E-state index in [1.807, 2.05) is 31.2 Å². The van der Waals surface area contributed by atoms with E-state index in [9.17, 15) is 9.59 Å². The third kappa shape index (κ3) is 3.72. The Labute approximate surface area is 123 Å². The van der Waals surface area contributed by atoms with Crippen molar-refractivity contribution in [2.24, 2.45) is 0 Å². The van der Waals surface area contributed by atoms with E-state index < -0.39 is 5.97 Å². The van der Waals surface area contributed by atoms with Crippen molar-refractivity contribution in [2.45, 2.75) is 26.7 Å². The molecular weight excluding hydrogens is 268 g/mol.